The highest BCUT2D eigenvalue weighted by molar-refractivity contribution is 5.86. The first-order valence-electron chi connectivity index (χ1n) is 11.7. The number of carboxylic acids is 1. The van der Waals surface area contributed by atoms with E-state index < -0.39 is 24.0 Å². The molecule has 2 aromatic carbocycles. The van der Waals surface area contributed by atoms with E-state index in [0.717, 1.165) is 22.3 Å². The van der Waals surface area contributed by atoms with Gasteiger partial charge in [0.1, 0.15) is 12.6 Å². The number of carbonyl (C=O) groups is 4. The van der Waals surface area contributed by atoms with E-state index in [4.69, 9.17) is 9.84 Å². The average Bonchev–Trinajstić information content (AvgIpc) is 3.16. The molecule has 186 valence electrons. The summed E-state index contributed by atoms with van der Waals surface area (Å²) in [7, 11) is 0. The van der Waals surface area contributed by atoms with Gasteiger partial charge in [-0.05, 0) is 28.7 Å². The van der Waals surface area contributed by atoms with E-state index in [9.17, 15) is 19.2 Å². The standard InChI is InChI=1S/C26H31N3O6/c1-16(2)24(32)27-13-14-28-25(33)22(11-12-23(30)31)29-26(34)35-15-21-19-9-5-3-7-17(19)18-8-4-6-10-20(18)21/h3-10,16,21-22H,11-15H2,1-2H3,(H,27,32)(H,28,33)(H,29,34)(H,30,31). The number of ether oxygens (including phenoxy) is 1. The molecule has 1 unspecified atom stereocenters. The maximum absolute atomic E-state index is 12.6. The first-order chi connectivity index (χ1) is 16.8. The minimum absolute atomic E-state index is 0.0777. The summed E-state index contributed by atoms with van der Waals surface area (Å²) in [5, 5.41) is 16.8. The Labute approximate surface area is 204 Å². The lowest BCUT2D eigenvalue weighted by Gasteiger charge is -2.19. The van der Waals surface area contributed by atoms with Crippen LogP contribution in [0.25, 0.3) is 11.1 Å². The number of aliphatic carboxylic acids is 1. The van der Waals surface area contributed by atoms with Crippen LogP contribution in [-0.4, -0.2) is 54.7 Å². The van der Waals surface area contributed by atoms with E-state index >= 15 is 0 Å². The van der Waals surface area contributed by atoms with Gasteiger partial charge in [-0.1, -0.05) is 62.4 Å². The number of carboxylic acid groups (broad SMARTS) is 1. The van der Waals surface area contributed by atoms with Crippen LogP contribution in [-0.2, 0) is 19.1 Å². The average molecular weight is 482 g/mol. The molecule has 3 rings (SSSR count). The van der Waals surface area contributed by atoms with Crippen molar-refractivity contribution in [1.29, 1.82) is 0 Å². The molecule has 0 aliphatic heterocycles. The van der Waals surface area contributed by atoms with Crippen LogP contribution in [0.3, 0.4) is 0 Å². The molecule has 0 aromatic heterocycles. The smallest absolute Gasteiger partial charge is 0.407 e. The van der Waals surface area contributed by atoms with Crippen molar-refractivity contribution in [2.45, 2.75) is 38.6 Å². The van der Waals surface area contributed by atoms with Gasteiger partial charge in [0, 0.05) is 31.3 Å². The van der Waals surface area contributed by atoms with Crippen LogP contribution >= 0.6 is 0 Å². The summed E-state index contributed by atoms with van der Waals surface area (Å²) in [6.45, 7) is 3.96. The van der Waals surface area contributed by atoms with Crippen molar-refractivity contribution in [3.8, 4) is 11.1 Å². The highest BCUT2D eigenvalue weighted by Crippen LogP contribution is 2.44. The Morgan fingerprint density at radius 3 is 1.97 bits per heavy atom. The van der Waals surface area contributed by atoms with Crippen molar-refractivity contribution in [1.82, 2.24) is 16.0 Å². The number of fused-ring (bicyclic) bond motifs is 3. The fraction of sp³-hybridized carbons (Fsp3) is 0.385. The quantitative estimate of drug-likeness (QED) is 0.365. The number of amides is 3. The summed E-state index contributed by atoms with van der Waals surface area (Å²) in [5.41, 5.74) is 4.32. The maximum Gasteiger partial charge on any atom is 0.407 e. The second-order valence-electron chi connectivity index (χ2n) is 8.69. The van der Waals surface area contributed by atoms with E-state index in [0.29, 0.717) is 0 Å². The molecule has 2 aromatic rings. The lowest BCUT2D eigenvalue weighted by molar-refractivity contribution is -0.137. The predicted octanol–water partition coefficient (Wildman–Crippen LogP) is 2.65. The third kappa shape index (κ3) is 6.81. The van der Waals surface area contributed by atoms with Crippen molar-refractivity contribution in [3.63, 3.8) is 0 Å². The Kier molecular flexibility index (Phi) is 8.83. The zero-order chi connectivity index (χ0) is 25.4. The molecule has 0 heterocycles. The van der Waals surface area contributed by atoms with Gasteiger partial charge in [0.2, 0.25) is 11.8 Å². The number of hydrogen-bond donors (Lipinski definition) is 4. The lowest BCUT2D eigenvalue weighted by atomic mass is 9.98. The van der Waals surface area contributed by atoms with E-state index in [1.807, 2.05) is 48.5 Å². The molecule has 3 amide bonds. The van der Waals surface area contributed by atoms with Gasteiger partial charge in [0.25, 0.3) is 0 Å². The largest absolute Gasteiger partial charge is 0.481 e. The van der Waals surface area contributed by atoms with Gasteiger partial charge < -0.3 is 25.8 Å². The van der Waals surface area contributed by atoms with E-state index in [1.54, 1.807) is 13.8 Å². The second-order valence-corrected chi connectivity index (χ2v) is 8.69. The maximum atomic E-state index is 12.6. The molecule has 9 heteroatoms. The van der Waals surface area contributed by atoms with E-state index in [2.05, 4.69) is 16.0 Å². The van der Waals surface area contributed by atoms with Crippen LogP contribution in [0.2, 0.25) is 0 Å². The molecule has 0 saturated carbocycles. The fourth-order valence-electron chi connectivity index (χ4n) is 4.02. The van der Waals surface area contributed by atoms with Crippen molar-refractivity contribution >= 4 is 23.9 Å². The van der Waals surface area contributed by atoms with Gasteiger partial charge in [-0.2, -0.15) is 0 Å². The van der Waals surface area contributed by atoms with Crippen LogP contribution in [0.4, 0.5) is 4.79 Å². The zero-order valence-electron chi connectivity index (χ0n) is 19.9. The third-order valence-electron chi connectivity index (χ3n) is 5.85. The zero-order valence-corrected chi connectivity index (χ0v) is 19.9. The van der Waals surface area contributed by atoms with Gasteiger partial charge in [-0.25, -0.2) is 4.79 Å². The fourth-order valence-corrected chi connectivity index (χ4v) is 4.02. The molecular formula is C26H31N3O6. The van der Waals surface area contributed by atoms with Gasteiger partial charge in [0.05, 0.1) is 0 Å². The number of alkyl carbamates (subject to hydrolysis) is 1. The lowest BCUT2D eigenvalue weighted by Crippen LogP contribution is -2.48. The van der Waals surface area contributed by atoms with E-state index in [-0.39, 0.29) is 50.3 Å². The van der Waals surface area contributed by atoms with Crippen LogP contribution in [0.15, 0.2) is 48.5 Å². The third-order valence-corrected chi connectivity index (χ3v) is 5.85. The molecule has 0 spiro atoms. The first kappa shape index (κ1) is 25.7. The number of hydrogen-bond acceptors (Lipinski definition) is 5. The van der Waals surface area contributed by atoms with Crippen LogP contribution in [0, 0.1) is 5.92 Å². The molecule has 0 radical (unpaired) electrons. The summed E-state index contributed by atoms with van der Waals surface area (Å²) in [5.74, 6) is -2.08. The minimum Gasteiger partial charge on any atom is -0.481 e. The predicted molar refractivity (Wildman–Crippen MR) is 130 cm³/mol. The summed E-state index contributed by atoms with van der Waals surface area (Å²) in [4.78, 5) is 47.8. The number of nitrogens with one attached hydrogen (secondary N) is 3. The summed E-state index contributed by atoms with van der Waals surface area (Å²) in [6, 6.07) is 14.8. The molecule has 0 bridgehead atoms. The van der Waals surface area contributed by atoms with Gasteiger partial charge >= 0.3 is 12.1 Å². The molecule has 9 nitrogen and oxygen atoms in total. The molecule has 4 N–H and O–H groups in total. The summed E-state index contributed by atoms with van der Waals surface area (Å²) >= 11 is 0. The molecule has 0 fully saturated rings. The van der Waals surface area contributed by atoms with Gasteiger partial charge in [-0.15, -0.1) is 0 Å². The molecule has 1 aliphatic carbocycles. The van der Waals surface area contributed by atoms with Crippen molar-refractivity contribution in [2.24, 2.45) is 5.92 Å². The Bertz CT molecular complexity index is 1040. The van der Waals surface area contributed by atoms with Gasteiger partial charge in [-0.3, -0.25) is 14.4 Å². The molecule has 0 saturated heterocycles. The second kappa shape index (κ2) is 12.0. The number of carbonyl (C=O) groups excluding carboxylic acids is 3. The van der Waals surface area contributed by atoms with Gasteiger partial charge in [0.15, 0.2) is 0 Å². The topological polar surface area (TPSA) is 134 Å². The van der Waals surface area contributed by atoms with Crippen molar-refractivity contribution < 1.29 is 29.0 Å². The summed E-state index contributed by atoms with van der Waals surface area (Å²) in [6.07, 6.45) is -1.19. The van der Waals surface area contributed by atoms with Crippen LogP contribution in [0.5, 0.6) is 0 Å². The number of benzene rings is 2. The molecular weight excluding hydrogens is 450 g/mol. The highest BCUT2D eigenvalue weighted by atomic mass is 16.5. The molecule has 35 heavy (non-hydrogen) atoms. The SMILES string of the molecule is CC(C)C(=O)NCCNC(=O)C(CCC(=O)O)NC(=O)OCC1c2ccccc2-c2ccccc21. The Morgan fingerprint density at radius 1 is 0.886 bits per heavy atom. The van der Waals surface area contributed by atoms with E-state index in [1.165, 1.54) is 0 Å². The monoisotopic (exact) mass is 481 g/mol. The van der Waals surface area contributed by atoms with Crippen LogP contribution in [0.1, 0.15) is 43.7 Å². The van der Waals surface area contributed by atoms with Crippen molar-refractivity contribution in [2.75, 3.05) is 19.7 Å². The Balaban J connectivity index is 1.57. The Morgan fingerprint density at radius 2 is 1.43 bits per heavy atom. The molecule has 1 aliphatic rings. The molecule has 1 atom stereocenters. The minimum atomic E-state index is -1.08. The van der Waals surface area contributed by atoms with Crippen LogP contribution < -0.4 is 16.0 Å². The normalized spacial score (nSPS) is 12.9. The first-order valence-corrected chi connectivity index (χ1v) is 11.7. The Hall–Kier alpha value is -3.88. The van der Waals surface area contributed by atoms with Crippen molar-refractivity contribution in [3.05, 3.63) is 59.7 Å². The number of rotatable bonds is 11. The highest BCUT2D eigenvalue weighted by Gasteiger charge is 2.30. The summed E-state index contributed by atoms with van der Waals surface area (Å²) < 4.78 is 5.48.